The molecule has 148 valence electrons. The molecule has 0 radical (unpaired) electrons. The zero-order valence-electron chi connectivity index (χ0n) is 15.3. The van der Waals surface area contributed by atoms with Crippen LogP contribution in [0.25, 0.3) is 5.69 Å². The van der Waals surface area contributed by atoms with E-state index in [0.29, 0.717) is 11.1 Å². The largest absolute Gasteiger partial charge is 0.349 e. The second kappa shape index (κ2) is 8.03. The van der Waals surface area contributed by atoms with Crippen LogP contribution in [0.5, 0.6) is 0 Å². The average Bonchev–Trinajstić information content (AvgIpc) is 2.65. The van der Waals surface area contributed by atoms with Gasteiger partial charge in [0.2, 0.25) is 5.69 Å². The van der Waals surface area contributed by atoms with Crippen molar-refractivity contribution in [2.75, 3.05) is 0 Å². The highest BCUT2D eigenvalue weighted by molar-refractivity contribution is 6.36. The molecule has 0 fully saturated rings. The van der Waals surface area contributed by atoms with Gasteiger partial charge >= 0.3 is 5.69 Å². The van der Waals surface area contributed by atoms with Crippen LogP contribution in [-0.4, -0.2) is 24.3 Å². The van der Waals surface area contributed by atoms with Crippen LogP contribution in [0.15, 0.2) is 39.0 Å². The van der Waals surface area contributed by atoms with E-state index in [2.05, 4.69) is 10.1 Å². The lowest BCUT2D eigenvalue weighted by molar-refractivity contribution is 0.719. The summed E-state index contributed by atoms with van der Waals surface area (Å²) in [5.74, 6) is 0.00304. The highest BCUT2D eigenvalue weighted by Crippen LogP contribution is 2.28. The summed E-state index contributed by atoms with van der Waals surface area (Å²) in [6.07, 6.45) is 3.08. The average molecular weight is 433 g/mol. The number of halogens is 2. The van der Waals surface area contributed by atoms with E-state index in [1.807, 2.05) is 18.8 Å². The van der Waals surface area contributed by atoms with E-state index in [-0.39, 0.29) is 33.8 Å². The molecule has 0 aliphatic heterocycles. The Morgan fingerprint density at radius 2 is 1.86 bits per heavy atom. The monoisotopic (exact) mass is 432 g/mol. The highest BCUT2D eigenvalue weighted by Gasteiger charge is 2.14. The Morgan fingerprint density at radius 1 is 1.21 bits per heavy atom. The van der Waals surface area contributed by atoms with Crippen molar-refractivity contribution in [2.45, 2.75) is 26.3 Å². The van der Waals surface area contributed by atoms with Crippen molar-refractivity contribution < 1.29 is 0 Å². The third-order valence-corrected chi connectivity index (χ3v) is 4.82. The van der Waals surface area contributed by atoms with Gasteiger partial charge in [0.1, 0.15) is 6.07 Å². The van der Waals surface area contributed by atoms with Crippen molar-refractivity contribution in [1.82, 2.24) is 24.3 Å². The summed E-state index contributed by atoms with van der Waals surface area (Å²) in [4.78, 5) is 41.3. The second-order valence-corrected chi connectivity index (χ2v) is 7.30. The summed E-state index contributed by atoms with van der Waals surface area (Å²) in [5, 5.41) is 13.1. The smallest absolute Gasteiger partial charge is 0.334 e. The number of nitriles is 1. The Labute approximate surface area is 173 Å². The number of aromatic nitrogens is 5. The third-order valence-electron chi connectivity index (χ3n) is 4.14. The maximum absolute atomic E-state index is 12.0. The molecule has 0 saturated heterocycles. The molecule has 0 atom stereocenters. The minimum atomic E-state index is -0.880. The van der Waals surface area contributed by atoms with Crippen molar-refractivity contribution in [3.05, 3.63) is 82.7 Å². The lowest BCUT2D eigenvalue weighted by Crippen LogP contribution is -2.33. The van der Waals surface area contributed by atoms with Gasteiger partial charge in [0.25, 0.3) is 11.1 Å². The number of rotatable bonds is 4. The maximum Gasteiger partial charge on any atom is 0.349 e. The Morgan fingerprint density at radius 3 is 2.45 bits per heavy atom. The molecule has 11 heteroatoms. The van der Waals surface area contributed by atoms with Crippen molar-refractivity contribution in [1.29, 1.82) is 5.26 Å². The van der Waals surface area contributed by atoms with Crippen LogP contribution in [0.4, 0.5) is 0 Å². The lowest BCUT2D eigenvalue weighted by Gasteiger charge is -2.14. The third kappa shape index (κ3) is 4.13. The quantitative estimate of drug-likeness (QED) is 0.669. The van der Waals surface area contributed by atoms with E-state index in [4.69, 9.17) is 28.5 Å². The van der Waals surface area contributed by atoms with Gasteiger partial charge in [-0.15, -0.1) is 5.10 Å². The van der Waals surface area contributed by atoms with Crippen LogP contribution in [0.2, 0.25) is 10.0 Å². The van der Waals surface area contributed by atoms with E-state index < -0.39 is 16.9 Å². The molecule has 0 spiro atoms. The van der Waals surface area contributed by atoms with Crippen molar-refractivity contribution in [3.63, 3.8) is 0 Å². The molecule has 0 amide bonds. The zero-order chi connectivity index (χ0) is 21.3. The molecule has 0 unspecified atom stereocenters. The molecule has 29 heavy (non-hydrogen) atoms. The fourth-order valence-corrected chi connectivity index (χ4v) is 3.24. The number of H-pyrrole nitrogens is 1. The maximum atomic E-state index is 12.0. The second-order valence-electron chi connectivity index (χ2n) is 6.48. The topological polar surface area (TPSA) is 126 Å². The summed E-state index contributed by atoms with van der Waals surface area (Å²) < 4.78 is 2.51. The van der Waals surface area contributed by atoms with Crippen LogP contribution in [0.3, 0.4) is 0 Å². The first-order valence-electron chi connectivity index (χ1n) is 8.39. The Bertz CT molecular complexity index is 1290. The first-order chi connectivity index (χ1) is 13.7. The molecule has 3 aromatic rings. The van der Waals surface area contributed by atoms with Crippen LogP contribution in [-0.2, 0) is 6.54 Å². The minimum Gasteiger partial charge on any atom is -0.334 e. The number of hydrogen-bond acceptors (Lipinski definition) is 6. The van der Waals surface area contributed by atoms with E-state index in [1.54, 1.807) is 16.8 Å². The number of benzene rings is 1. The van der Waals surface area contributed by atoms with Crippen molar-refractivity contribution in [2.24, 2.45) is 0 Å². The van der Waals surface area contributed by atoms with Gasteiger partial charge in [-0.1, -0.05) is 37.0 Å². The molecule has 1 N–H and O–H groups in total. The SMILES string of the molecule is CC(C)c1cn(Cc2c(Cl)cc(-n3nc(C#N)c(=O)[nH]c3=O)cc2Cl)cnc1=O. The van der Waals surface area contributed by atoms with Gasteiger partial charge in [0, 0.05) is 27.4 Å². The van der Waals surface area contributed by atoms with E-state index >= 15 is 0 Å². The summed E-state index contributed by atoms with van der Waals surface area (Å²) in [6, 6.07) is 4.49. The van der Waals surface area contributed by atoms with Gasteiger partial charge in [-0.05, 0) is 18.1 Å². The first-order valence-corrected chi connectivity index (χ1v) is 9.15. The van der Waals surface area contributed by atoms with Crippen molar-refractivity contribution in [3.8, 4) is 11.8 Å². The molecule has 0 saturated carbocycles. The van der Waals surface area contributed by atoms with E-state index in [1.165, 1.54) is 18.5 Å². The zero-order valence-corrected chi connectivity index (χ0v) is 16.8. The van der Waals surface area contributed by atoms with E-state index in [0.717, 1.165) is 4.68 Å². The van der Waals surface area contributed by atoms with Crippen LogP contribution < -0.4 is 16.8 Å². The summed E-state index contributed by atoms with van der Waals surface area (Å²) in [6.45, 7) is 4.02. The lowest BCUT2D eigenvalue weighted by atomic mass is 10.1. The van der Waals surface area contributed by atoms with E-state index in [9.17, 15) is 14.4 Å². The summed E-state index contributed by atoms with van der Waals surface area (Å²) in [7, 11) is 0. The Balaban J connectivity index is 2.05. The van der Waals surface area contributed by atoms with Gasteiger partial charge < -0.3 is 4.57 Å². The van der Waals surface area contributed by atoms with Crippen LogP contribution in [0, 0.1) is 11.3 Å². The van der Waals surface area contributed by atoms with Crippen LogP contribution >= 0.6 is 23.2 Å². The van der Waals surface area contributed by atoms with Gasteiger partial charge in [-0.2, -0.15) is 14.9 Å². The fraction of sp³-hybridized carbons (Fsp3) is 0.222. The number of hydrogen-bond donors (Lipinski definition) is 1. The summed E-state index contributed by atoms with van der Waals surface area (Å²) >= 11 is 12.7. The molecular weight excluding hydrogens is 419 g/mol. The molecular formula is C18H14Cl2N6O3. The predicted octanol–water partition coefficient (Wildman–Crippen LogP) is 1.83. The number of aromatic amines is 1. The molecule has 1 aromatic carbocycles. The molecule has 0 bridgehead atoms. The van der Waals surface area contributed by atoms with Gasteiger partial charge in [0.15, 0.2) is 0 Å². The standard InChI is InChI=1S/C18H14Cl2N6O3/c1-9(2)11-6-25(8-22-16(11)27)7-12-13(19)3-10(4-14(12)20)26-18(29)23-17(28)15(5-21)24-26/h3-4,6,8-9H,7H2,1-2H3,(H,23,28,29). The van der Waals surface area contributed by atoms with Gasteiger partial charge in [-0.25, -0.2) is 4.79 Å². The number of nitrogens with zero attached hydrogens (tertiary/aromatic N) is 5. The summed E-state index contributed by atoms with van der Waals surface area (Å²) in [5.41, 5.74) is -1.20. The molecule has 3 rings (SSSR count). The first kappa shape index (κ1) is 20.5. The molecule has 9 nitrogen and oxygen atoms in total. The molecule has 0 aliphatic carbocycles. The van der Waals surface area contributed by atoms with Gasteiger partial charge in [0.05, 0.1) is 18.6 Å². The Hall–Kier alpha value is -3.22. The van der Waals surface area contributed by atoms with Gasteiger partial charge in [-0.3, -0.25) is 14.6 Å². The normalized spacial score (nSPS) is 10.9. The minimum absolute atomic E-state index is 0.00304. The Kier molecular flexibility index (Phi) is 5.68. The highest BCUT2D eigenvalue weighted by atomic mass is 35.5. The molecule has 0 aliphatic rings. The van der Waals surface area contributed by atoms with Crippen molar-refractivity contribution >= 4 is 23.2 Å². The number of nitrogens with one attached hydrogen (secondary N) is 1. The fourth-order valence-electron chi connectivity index (χ4n) is 2.64. The molecule has 2 aromatic heterocycles. The van der Waals surface area contributed by atoms with Crippen LogP contribution in [0.1, 0.15) is 36.6 Å². The predicted molar refractivity (Wildman–Crippen MR) is 107 cm³/mol. The molecule has 2 heterocycles.